The van der Waals surface area contributed by atoms with Crippen LogP contribution in [0.5, 0.6) is 11.5 Å². The van der Waals surface area contributed by atoms with Gasteiger partial charge < -0.3 is 19.2 Å². The largest absolute Gasteiger partial charge is 0.504 e. The summed E-state index contributed by atoms with van der Waals surface area (Å²) in [6.45, 7) is 5.24. The van der Waals surface area contributed by atoms with E-state index < -0.39 is 0 Å². The molecular formula is C22H24N2O4. The molecule has 1 N–H and O–H groups in total. The highest BCUT2D eigenvalue weighted by Crippen LogP contribution is 2.35. The van der Waals surface area contributed by atoms with Crippen LogP contribution in [0.1, 0.15) is 5.56 Å². The van der Waals surface area contributed by atoms with E-state index in [9.17, 15) is 9.90 Å². The first-order valence-corrected chi connectivity index (χ1v) is 9.39. The Kier molecular flexibility index (Phi) is 5.07. The number of phenolic OH excluding ortho intramolecular Hbond substituents is 1. The van der Waals surface area contributed by atoms with Gasteiger partial charge in [0.1, 0.15) is 5.76 Å². The third kappa shape index (κ3) is 3.61. The molecule has 2 aromatic carbocycles. The zero-order valence-corrected chi connectivity index (χ0v) is 16.1. The maximum Gasteiger partial charge on any atom is 0.204 e. The van der Waals surface area contributed by atoms with Crippen molar-refractivity contribution in [3.8, 4) is 22.8 Å². The van der Waals surface area contributed by atoms with Crippen LogP contribution in [0, 0.1) is 0 Å². The first kappa shape index (κ1) is 18.5. The molecule has 0 atom stereocenters. The van der Waals surface area contributed by atoms with Crippen molar-refractivity contribution in [2.24, 2.45) is 0 Å². The Morgan fingerprint density at radius 1 is 1.07 bits per heavy atom. The van der Waals surface area contributed by atoms with E-state index >= 15 is 0 Å². The highest BCUT2D eigenvalue weighted by atomic mass is 16.5. The maximum atomic E-state index is 12.5. The molecule has 0 amide bonds. The molecule has 0 bridgehead atoms. The fourth-order valence-electron chi connectivity index (χ4n) is 3.56. The average molecular weight is 380 g/mol. The Morgan fingerprint density at radius 3 is 2.46 bits per heavy atom. The van der Waals surface area contributed by atoms with Crippen LogP contribution < -0.4 is 10.2 Å². The van der Waals surface area contributed by atoms with Crippen molar-refractivity contribution in [2.75, 3.05) is 40.3 Å². The number of rotatable bonds is 4. The highest BCUT2D eigenvalue weighted by molar-refractivity contribution is 5.86. The first-order valence-electron chi connectivity index (χ1n) is 9.39. The SMILES string of the molecule is COc1c(O)ccc2c(=O)cc(-c3ccc(CN4CCN(C)CC4)cc3)oc12. The van der Waals surface area contributed by atoms with E-state index in [1.165, 1.54) is 24.8 Å². The fourth-order valence-corrected chi connectivity index (χ4v) is 3.56. The summed E-state index contributed by atoms with van der Waals surface area (Å²) in [6, 6.07) is 12.5. The molecule has 6 nitrogen and oxygen atoms in total. The maximum absolute atomic E-state index is 12.5. The number of aromatic hydroxyl groups is 1. The number of phenols is 1. The quantitative estimate of drug-likeness (QED) is 0.751. The normalized spacial score (nSPS) is 15.8. The summed E-state index contributed by atoms with van der Waals surface area (Å²) in [5.41, 5.74) is 2.13. The third-order valence-electron chi connectivity index (χ3n) is 5.28. The molecule has 0 spiro atoms. The van der Waals surface area contributed by atoms with Crippen molar-refractivity contribution < 1.29 is 14.3 Å². The number of ether oxygens (including phenoxy) is 1. The Balaban J connectivity index is 1.62. The van der Waals surface area contributed by atoms with Crippen molar-refractivity contribution in [1.82, 2.24) is 9.80 Å². The minimum Gasteiger partial charge on any atom is -0.504 e. The molecule has 146 valence electrons. The number of nitrogens with zero attached hydrogens (tertiary/aromatic N) is 2. The minimum atomic E-state index is -0.170. The number of methoxy groups -OCH3 is 1. The van der Waals surface area contributed by atoms with Gasteiger partial charge in [-0.05, 0) is 24.7 Å². The van der Waals surface area contributed by atoms with Gasteiger partial charge in [0.25, 0.3) is 0 Å². The molecule has 1 saturated heterocycles. The smallest absolute Gasteiger partial charge is 0.204 e. The van der Waals surface area contributed by atoms with E-state index in [2.05, 4.69) is 29.0 Å². The molecule has 1 aromatic heterocycles. The second-order valence-corrected chi connectivity index (χ2v) is 7.25. The summed E-state index contributed by atoms with van der Waals surface area (Å²) in [6.07, 6.45) is 0. The van der Waals surface area contributed by atoms with E-state index in [-0.39, 0.29) is 22.5 Å². The lowest BCUT2D eigenvalue weighted by Gasteiger charge is -2.32. The molecular weight excluding hydrogens is 356 g/mol. The van der Waals surface area contributed by atoms with Gasteiger partial charge in [-0.2, -0.15) is 0 Å². The molecule has 1 aliphatic heterocycles. The van der Waals surface area contributed by atoms with Gasteiger partial charge in [0.05, 0.1) is 12.5 Å². The molecule has 1 aliphatic rings. The molecule has 3 aromatic rings. The van der Waals surface area contributed by atoms with Gasteiger partial charge in [0.2, 0.25) is 5.75 Å². The van der Waals surface area contributed by atoms with Crippen LogP contribution in [0.15, 0.2) is 51.7 Å². The summed E-state index contributed by atoms with van der Waals surface area (Å²) in [5, 5.41) is 10.4. The fraction of sp³-hybridized carbons (Fsp3) is 0.318. The lowest BCUT2D eigenvalue weighted by Crippen LogP contribution is -2.43. The van der Waals surface area contributed by atoms with E-state index in [0.717, 1.165) is 38.3 Å². The standard InChI is InChI=1S/C22H24N2O4/c1-23-9-11-24(12-10-23)14-15-3-5-16(6-4-15)20-13-19(26)17-7-8-18(25)22(27-2)21(17)28-20/h3-8,13,25H,9-12,14H2,1-2H3. The van der Waals surface area contributed by atoms with E-state index in [0.29, 0.717) is 11.1 Å². The first-order chi connectivity index (χ1) is 13.5. The lowest BCUT2D eigenvalue weighted by atomic mass is 10.1. The predicted octanol–water partition coefficient (Wildman–Crippen LogP) is 2.92. The monoisotopic (exact) mass is 380 g/mol. The lowest BCUT2D eigenvalue weighted by molar-refractivity contribution is 0.148. The van der Waals surface area contributed by atoms with Crippen LogP contribution in [0.25, 0.3) is 22.3 Å². The summed E-state index contributed by atoms with van der Waals surface area (Å²) in [7, 11) is 3.59. The summed E-state index contributed by atoms with van der Waals surface area (Å²) >= 11 is 0. The van der Waals surface area contributed by atoms with Gasteiger partial charge in [-0.3, -0.25) is 9.69 Å². The van der Waals surface area contributed by atoms with Crippen molar-refractivity contribution >= 4 is 11.0 Å². The number of likely N-dealkylation sites (N-methyl/N-ethyl adjacent to an activating group) is 1. The number of piperazine rings is 1. The van der Waals surface area contributed by atoms with Crippen LogP contribution in [0.4, 0.5) is 0 Å². The zero-order chi connectivity index (χ0) is 19.7. The molecule has 1 fully saturated rings. The Hall–Kier alpha value is -2.83. The van der Waals surface area contributed by atoms with Gasteiger partial charge >= 0.3 is 0 Å². The average Bonchev–Trinajstić information content (AvgIpc) is 2.70. The van der Waals surface area contributed by atoms with Crippen molar-refractivity contribution in [1.29, 1.82) is 0 Å². The molecule has 2 heterocycles. The van der Waals surface area contributed by atoms with Gasteiger partial charge in [0.15, 0.2) is 16.8 Å². The molecule has 6 heteroatoms. The van der Waals surface area contributed by atoms with Gasteiger partial charge in [0, 0.05) is 44.4 Å². The summed E-state index contributed by atoms with van der Waals surface area (Å²) < 4.78 is 11.2. The molecule has 0 unspecified atom stereocenters. The van der Waals surface area contributed by atoms with Crippen molar-refractivity contribution in [3.63, 3.8) is 0 Å². The molecule has 28 heavy (non-hydrogen) atoms. The molecule has 0 saturated carbocycles. The third-order valence-corrected chi connectivity index (χ3v) is 5.28. The highest BCUT2D eigenvalue weighted by Gasteiger charge is 2.16. The summed E-state index contributed by atoms with van der Waals surface area (Å²) in [4.78, 5) is 17.3. The van der Waals surface area contributed by atoms with Gasteiger partial charge in [-0.15, -0.1) is 0 Å². The summed E-state index contributed by atoms with van der Waals surface area (Å²) in [5.74, 6) is 0.563. The number of benzene rings is 2. The Morgan fingerprint density at radius 2 is 1.79 bits per heavy atom. The number of fused-ring (bicyclic) bond motifs is 1. The van der Waals surface area contributed by atoms with Crippen LogP contribution in [-0.4, -0.2) is 55.2 Å². The number of hydrogen-bond donors (Lipinski definition) is 1. The number of hydrogen-bond acceptors (Lipinski definition) is 6. The zero-order valence-electron chi connectivity index (χ0n) is 16.1. The van der Waals surface area contributed by atoms with Crippen molar-refractivity contribution in [2.45, 2.75) is 6.54 Å². The minimum absolute atomic E-state index is 0.0576. The van der Waals surface area contributed by atoms with Crippen LogP contribution in [0.3, 0.4) is 0 Å². The van der Waals surface area contributed by atoms with E-state index in [1.807, 2.05) is 12.1 Å². The molecule has 0 aliphatic carbocycles. The van der Waals surface area contributed by atoms with E-state index in [4.69, 9.17) is 9.15 Å². The second kappa shape index (κ2) is 7.66. The van der Waals surface area contributed by atoms with Gasteiger partial charge in [-0.25, -0.2) is 0 Å². The Labute approximate surface area is 163 Å². The van der Waals surface area contributed by atoms with Crippen LogP contribution in [0.2, 0.25) is 0 Å². The molecule has 4 rings (SSSR count). The van der Waals surface area contributed by atoms with Crippen LogP contribution >= 0.6 is 0 Å². The van der Waals surface area contributed by atoms with Gasteiger partial charge in [-0.1, -0.05) is 24.3 Å². The van der Waals surface area contributed by atoms with Crippen LogP contribution in [-0.2, 0) is 6.54 Å². The predicted molar refractivity (Wildman–Crippen MR) is 109 cm³/mol. The molecule has 0 radical (unpaired) electrons. The Bertz CT molecular complexity index is 1030. The van der Waals surface area contributed by atoms with E-state index in [1.54, 1.807) is 6.07 Å². The second-order valence-electron chi connectivity index (χ2n) is 7.25. The van der Waals surface area contributed by atoms with Crippen molar-refractivity contribution in [3.05, 3.63) is 58.3 Å². The topological polar surface area (TPSA) is 66.2 Å².